The highest BCUT2D eigenvalue weighted by atomic mass is 79.9. The van der Waals surface area contributed by atoms with Gasteiger partial charge in [-0.15, -0.1) is 0 Å². The van der Waals surface area contributed by atoms with Crippen LogP contribution in [0.1, 0.15) is 33.3 Å². The van der Waals surface area contributed by atoms with E-state index in [0.717, 1.165) is 5.56 Å². The summed E-state index contributed by atoms with van der Waals surface area (Å²) in [5.74, 6) is -0.383. The SMILES string of the molecule is CC1CN(C(=O)OC(C)(C)C)CCN1C(=O)Cc1ccc(F)cc1Br. The first-order valence-corrected chi connectivity index (χ1v) is 9.07. The molecule has 25 heavy (non-hydrogen) atoms. The number of hydrogen-bond acceptors (Lipinski definition) is 3. The molecule has 1 aromatic rings. The third kappa shape index (κ3) is 5.42. The molecule has 7 heteroatoms. The average Bonchev–Trinajstić information content (AvgIpc) is 2.48. The van der Waals surface area contributed by atoms with E-state index in [-0.39, 0.29) is 30.3 Å². The van der Waals surface area contributed by atoms with Gasteiger partial charge >= 0.3 is 6.09 Å². The molecule has 1 fully saturated rings. The van der Waals surface area contributed by atoms with Crippen molar-refractivity contribution in [2.45, 2.75) is 45.8 Å². The van der Waals surface area contributed by atoms with E-state index in [2.05, 4.69) is 15.9 Å². The lowest BCUT2D eigenvalue weighted by Gasteiger charge is -2.40. The van der Waals surface area contributed by atoms with Crippen molar-refractivity contribution in [1.82, 2.24) is 9.80 Å². The van der Waals surface area contributed by atoms with Gasteiger partial charge in [-0.05, 0) is 45.4 Å². The highest BCUT2D eigenvalue weighted by Gasteiger charge is 2.32. The Morgan fingerprint density at radius 1 is 1.32 bits per heavy atom. The highest BCUT2D eigenvalue weighted by Crippen LogP contribution is 2.21. The van der Waals surface area contributed by atoms with Gasteiger partial charge in [-0.25, -0.2) is 9.18 Å². The van der Waals surface area contributed by atoms with Crippen LogP contribution in [0.15, 0.2) is 22.7 Å². The number of carbonyl (C=O) groups is 2. The highest BCUT2D eigenvalue weighted by molar-refractivity contribution is 9.10. The van der Waals surface area contributed by atoms with Crippen LogP contribution in [0.25, 0.3) is 0 Å². The summed E-state index contributed by atoms with van der Waals surface area (Å²) in [5, 5.41) is 0. The van der Waals surface area contributed by atoms with Crippen LogP contribution in [0.2, 0.25) is 0 Å². The van der Waals surface area contributed by atoms with Crippen molar-refractivity contribution in [3.8, 4) is 0 Å². The molecule has 1 aliphatic rings. The number of halogens is 2. The molecule has 0 N–H and O–H groups in total. The molecule has 0 bridgehead atoms. The van der Waals surface area contributed by atoms with Crippen molar-refractivity contribution in [3.05, 3.63) is 34.1 Å². The summed E-state index contributed by atoms with van der Waals surface area (Å²) in [7, 11) is 0. The van der Waals surface area contributed by atoms with Gasteiger partial charge in [0.25, 0.3) is 0 Å². The maximum atomic E-state index is 13.2. The lowest BCUT2D eigenvalue weighted by atomic mass is 10.1. The second-order valence-electron chi connectivity index (χ2n) is 7.28. The minimum absolute atomic E-state index is 0.0383. The maximum absolute atomic E-state index is 13.2. The van der Waals surface area contributed by atoms with Crippen molar-refractivity contribution in [2.24, 2.45) is 0 Å². The number of amides is 2. The zero-order valence-corrected chi connectivity index (χ0v) is 16.6. The molecule has 0 radical (unpaired) electrons. The minimum atomic E-state index is -0.540. The molecular weight excluding hydrogens is 391 g/mol. The van der Waals surface area contributed by atoms with Gasteiger partial charge in [-0.2, -0.15) is 0 Å². The van der Waals surface area contributed by atoms with E-state index < -0.39 is 5.60 Å². The molecule has 0 aromatic heterocycles. The van der Waals surface area contributed by atoms with Crippen LogP contribution >= 0.6 is 15.9 Å². The zero-order chi connectivity index (χ0) is 18.8. The van der Waals surface area contributed by atoms with E-state index in [9.17, 15) is 14.0 Å². The van der Waals surface area contributed by atoms with Gasteiger partial charge in [0.15, 0.2) is 0 Å². The minimum Gasteiger partial charge on any atom is -0.444 e. The summed E-state index contributed by atoms with van der Waals surface area (Å²) in [6, 6.07) is 4.20. The van der Waals surface area contributed by atoms with Crippen molar-refractivity contribution in [1.29, 1.82) is 0 Å². The molecule has 1 unspecified atom stereocenters. The summed E-state index contributed by atoms with van der Waals surface area (Å²) in [5.41, 5.74) is 0.204. The summed E-state index contributed by atoms with van der Waals surface area (Å²) >= 11 is 3.29. The largest absolute Gasteiger partial charge is 0.444 e. The third-order valence-electron chi connectivity index (χ3n) is 3.96. The van der Waals surface area contributed by atoms with E-state index in [1.165, 1.54) is 12.1 Å². The number of ether oxygens (including phenoxy) is 1. The van der Waals surface area contributed by atoms with Crippen LogP contribution in [0.3, 0.4) is 0 Å². The molecule has 0 aliphatic carbocycles. The number of benzene rings is 1. The summed E-state index contributed by atoms with van der Waals surface area (Å²) in [6.07, 6.45) is -0.162. The number of piperazine rings is 1. The van der Waals surface area contributed by atoms with Gasteiger partial charge in [0, 0.05) is 30.1 Å². The molecule has 2 amide bonds. The molecule has 2 rings (SSSR count). The predicted molar refractivity (Wildman–Crippen MR) is 96.8 cm³/mol. The van der Waals surface area contributed by atoms with Crippen LogP contribution in [0, 0.1) is 5.82 Å². The van der Waals surface area contributed by atoms with Crippen molar-refractivity contribution in [2.75, 3.05) is 19.6 Å². The molecule has 1 aliphatic heterocycles. The Morgan fingerprint density at radius 2 is 2.00 bits per heavy atom. The monoisotopic (exact) mass is 414 g/mol. The molecule has 0 saturated carbocycles. The fourth-order valence-electron chi connectivity index (χ4n) is 2.75. The van der Waals surface area contributed by atoms with Gasteiger partial charge in [-0.3, -0.25) is 4.79 Å². The maximum Gasteiger partial charge on any atom is 0.410 e. The summed E-state index contributed by atoms with van der Waals surface area (Å²) in [4.78, 5) is 28.2. The third-order valence-corrected chi connectivity index (χ3v) is 4.69. The van der Waals surface area contributed by atoms with Gasteiger partial charge in [-0.1, -0.05) is 22.0 Å². The van der Waals surface area contributed by atoms with Gasteiger partial charge < -0.3 is 14.5 Å². The van der Waals surface area contributed by atoms with Gasteiger partial charge in [0.05, 0.1) is 6.42 Å². The Balaban J connectivity index is 1.96. The van der Waals surface area contributed by atoms with Crippen LogP contribution < -0.4 is 0 Å². The number of rotatable bonds is 2. The Hall–Kier alpha value is -1.63. The first-order chi connectivity index (χ1) is 11.6. The summed E-state index contributed by atoms with van der Waals surface area (Å²) < 4.78 is 19.1. The fourth-order valence-corrected chi connectivity index (χ4v) is 3.24. The van der Waals surface area contributed by atoms with E-state index in [4.69, 9.17) is 4.74 Å². The normalized spacial score (nSPS) is 18.2. The quantitative estimate of drug-likeness (QED) is 0.742. The second-order valence-corrected chi connectivity index (χ2v) is 8.13. The van der Waals surface area contributed by atoms with Gasteiger partial charge in [0.1, 0.15) is 11.4 Å². The predicted octanol–water partition coefficient (Wildman–Crippen LogP) is 3.60. The molecule has 5 nitrogen and oxygen atoms in total. The van der Waals surface area contributed by atoms with Crippen LogP contribution in [0.4, 0.5) is 9.18 Å². The van der Waals surface area contributed by atoms with Crippen LogP contribution in [0.5, 0.6) is 0 Å². The molecule has 138 valence electrons. The Labute approximate surface area is 156 Å². The van der Waals surface area contributed by atoms with Gasteiger partial charge in [0.2, 0.25) is 5.91 Å². The lowest BCUT2D eigenvalue weighted by molar-refractivity contribution is -0.134. The van der Waals surface area contributed by atoms with E-state index in [1.807, 2.05) is 27.7 Å². The van der Waals surface area contributed by atoms with Crippen LogP contribution in [-0.2, 0) is 16.0 Å². The average molecular weight is 415 g/mol. The molecule has 1 atom stereocenters. The second kappa shape index (κ2) is 7.72. The molecule has 1 heterocycles. The van der Waals surface area contributed by atoms with Crippen molar-refractivity contribution in [3.63, 3.8) is 0 Å². The van der Waals surface area contributed by atoms with Crippen molar-refractivity contribution >= 4 is 27.9 Å². The number of carbonyl (C=O) groups excluding carboxylic acids is 2. The smallest absolute Gasteiger partial charge is 0.410 e. The Morgan fingerprint density at radius 3 is 2.56 bits per heavy atom. The lowest BCUT2D eigenvalue weighted by Crippen LogP contribution is -2.56. The van der Waals surface area contributed by atoms with Crippen LogP contribution in [-0.4, -0.2) is 53.1 Å². The first-order valence-electron chi connectivity index (χ1n) is 8.28. The first kappa shape index (κ1) is 19.7. The molecule has 1 saturated heterocycles. The Kier molecular flexibility index (Phi) is 6.08. The number of nitrogens with zero attached hydrogens (tertiary/aromatic N) is 2. The summed E-state index contributed by atoms with van der Waals surface area (Å²) in [6.45, 7) is 8.73. The Bertz CT molecular complexity index is 660. The van der Waals surface area contributed by atoms with E-state index in [0.29, 0.717) is 24.1 Å². The molecule has 0 spiro atoms. The number of hydrogen-bond donors (Lipinski definition) is 0. The molecular formula is C18H24BrFN2O3. The van der Waals surface area contributed by atoms with E-state index in [1.54, 1.807) is 15.9 Å². The fraction of sp³-hybridized carbons (Fsp3) is 0.556. The zero-order valence-electron chi connectivity index (χ0n) is 15.0. The molecule has 1 aromatic carbocycles. The topological polar surface area (TPSA) is 49.9 Å². The standard InChI is InChI=1S/C18H24BrFN2O3/c1-12-11-21(17(24)25-18(2,3)4)7-8-22(12)16(23)9-13-5-6-14(20)10-15(13)19/h5-6,10,12H,7-9,11H2,1-4H3. The van der Waals surface area contributed by atoms with Crippen molar-refractivity contribution < 1.29 is 18.7 Å². The van der Waals surface area contributed by atoms with E-state index >= 15 is 0 Å².